The smallest absolute Gasteiger partial charge is 0.0749 e. The average molecular weight is 136 g/mol. The van der Waals surface area contributed by atoms with Gasteiger partial charge in [-0.3, -0.25) is 9.98 Å². The minimum absolute atomic E-state index is 0.0821. The normalized spacial score (nSPS) is 22.1. The minimum Gasteiger partial charge on any atom is -0.281 e. The summed E-state index contributed by atoms with van der Waals surface area (Å²) in [5.41, 5.74) is 0.878. The van der Waals surface area contributed by atoms with Gasteiger partial charge in [0.1, 0.15) is 0 Å². The zero-order valence-electron chi connectivity index (χ0n) is 6.63. The molecule has 1 rings (SSSR count). The first-order valence-corrected chi connectivity index (χ1v) is 3.37. The van der Waals surface area contributed by atoms with E-state index in [0.29, 0.717) is 0 Å². The van der Waals surface area contributed by atoms with Gasteiger partial charge in [0.2, 0.25) is 0 Å². The molecule has 0 N–H and O–H groups in total. The van der Waals surface area contributed by atoms with Gasteiger partial charge in [0.25, 0.3) is 0 Å². The molecule has 2 heteroatoms. The molecule has 1 aliphatic rings. The van der Waals surface area contributed by atoms with E-state index in [1.54, 1.807) is 6.21 Å². The van der Waals surface area contributed by atoms with Crippen LogP contribution in [-0.2, 0) is 0 Å². The Morgan fingerprint density at radius 2 is 2.10 bits per heavy atom. The molecule has 0 atom stereocenters. The fourth-order valence-electron chi connectivity index (χ4n) is 0.673. The lowest BCUT2D eigenvalue weighted by Gasteiger charge is -2.10. The van der Waals surface area contributed by atoms with Crippen LogP contribution < -0.4 is 0 Å². The molecular weight excluding hydrogens is 124 g/mol. The molecule has 0 aromatic rings. The quantitative estimate of drug-likeness (QED) is 0.485. The van der Waals surface area contributed by atoms with E-state index in [0.717, 1.165) is 5.71 Å². The average Bonchev–Trinajstić information content (AvgIpc) is 1.94. The van der Waals surface area contributed by atoms with Crippen LogP contribution in [0.2, 0.25) is 0 Å². The van der Waals surface area contributed by atoms with Crippen molar-refractivity contribution >= 4 is 11.9 Å². The second-order valence-corrected chi connectivity index (χ2v) is 3.00. The molecule has 10 heavy (non-hydrogen) atoms. The van der Waals surface area contributed by atoms with Gasteiger partial charge >= 0.3 is 0 Å². The molecule has 54 valence electrons. The van der Waals surface area contributed by atoms with Crippen molar-refractivity contribution in [2.75, 3.05) is 0 Å². The van der Waals surface area contributed by atoms with E-state index >= 15 is 0 Å². The van der Waals surface area contributed by atoms with Crippen molar-refractivity contribution in [3.05, 3.63) is 12.3 Å². The van der Waals surface area contributed by atoms with Crippen molar-refractivity contribution in [1.29, 1.82) is 0 Å². The van der Waals surface area contributed by atoms with Crippen LogP contribution in [0.5, 0.6) is 0 Å². The number of nitrogens with zero attached hydrogens (tertiary/aromatic N) is 2. The third-order valence-corrected chi connectivity index (χ3v) is 1.34. The van der Waals surface area contributed by atoms with Crippen molar-refractivity contribution in [3.63, 3.8) is 0 Å². The number of hydrogen-bond acceptors (Lipinski definition) is 2. The number of hydrogen-bond donors (Lipinski definition) is 0. The molecule has 0 spiro atoms. The van der Waals surface area contributed by atoms with Gasteiger partial charge in [-0.15, -0.1) is 0 Å². The molecule has 0 fully saturated rings. The lowest BCUT2D eigenvalue weighted by atomic mass is 10.1. The van der Waals surface area contributed by atoms with Crippen LogP contribution in [0.1, 0.15) is 20.8 Å². The molecule has 0 amide bonds. The molecule has 0 unspecified atom stereocenters. The van der Waals surface area contributed by atoms with Gasteiger partial charge < -0.3 is 0 Å². The van der Waals surface area contributed by atoms with Crippen molar-refractivity contribution in [2.24, 2.45) is 9.98 Å². The van der Waals surface area contributed by atoms with Gasteiger partial charge in [0.05, 0.1) is 11.3 Å². The molecule has 0 radical (unpaired) electrons. The summed E-state index contributed by atoms with van der Waals surface area (Å²) in [5.74, 6) is 0. The summed E-state index contributed by atoms with van der Waals surface area (Å²) in [6.07, 6.45) is 5.60. The van der Waals surface area contributed by atoms with Gasteiger partial charge in [-0.25, -0.2) is 0 Å². The summed E-state index contributed by atoms with van der Waals surface area (Å²) in [7, 11) is 0. The van der Waals surface area contributed by atoms with Crippen LogP contribution in [0, 0.1) is 0 Å². The lowest BCUT2D eigenvalue weighted by molar-refractivity contribution is 0.662. The van der Waals surface area contributed by atoms with Gasteiger partial charge in [-0.05, 0) is 26.8 Å². The van der Waals surface area contributed by atoms with E-state index in [4.69, 9.17) is 0 Å². The van der Waals surface area contributed by atoms with Crippen molar-refractivity contribution in [3.8, 4) is 0 Å². The van der Waals surface area contributed by atoms with Gasteiger partial charge in [0, 0.05) is 12.4 Å². The molecule has 0 aliphatic carbocycles. The highest BCUT2D eigenvalue weighted by molar-refractivity contribution is 6.29. The lowest BCUT2D eigenvalue weighted by Crippen LogP contribution is -2.12. The van der Waals surface area contributed by atoms with Crippen LogP contribution >= 0.6 is 0 Å². The molecule has 1 heterocycles. The largest absolute Gasteiger partial charge is 0.281 e. The highest BCUT2D eigenvalue weighted by atomic mass is 14.9. The van der Waals surface area contributed by atoms with E-state index < -0.39 is 0 Å². The number of aliphatic imine (C=N–C) groups is 2. The first-order valence-electron chi connectivity index (χ1n) is 3.37. The molecule has 2 nitrogen and oxygen atoms in total. The molecular formula is C8H12N2. The predicted molar refractivity (Wildman–Crippen MR) is 44.8 cm³/mol. The number of rotatable bonds is 0. The fourth-order valence-corrected chi connectivity index (χ4v) is 0.673. The summed E-state index contributed by atoms with van der Waals surface area (Å²) in [6.45, 7) is 6.04. The Morgan fingerprint density at radius 1 is 1.40 bits per heavy atom. The monoisotopic (exact) mass is 136 g/mol. The standard InChI is InChI=1S/C8H12N2/c1-7-6-10-8(2,3)4-5-9-7/h4-6H,1-3H3. The summed E-state index contributed by atoms with van der Waals surface area (Å²) in [6, 6.07) is 0. The fraction of sp³-hybridized carbons (Fsp3) is 0.500. The molecule has 0 saturated carbocycles. The Morgan fingerprint density at radius 3 is 2.80 bits per heavy atom. The van der Waals surface area contributed by atoms with E-state index in [-0.39, 0.29) is 5.54 Å². The van der Waals surface area contributed by atoms with Crippen LogP contribution in [0.3, 0.4) is 0 Å². The highest BCUT2D eigenvalue weighted by Gasteiger charge is 2.10. The molecule has 0 saturated heterocycles. The Bertz CT molecular complexity index is 209. The first kappa shape index (κ1) is 7.19. The third-order valence-electron chi connectivity index (χ3n) is 1.34. The van der Waals surface area contributed by atoms with Crippen LogP contribution in [-0.4, -0.2) is 17.5 Å². The molecule has 0 aromatic heterocycles. The Labute approximate surface area is 61.4 Å². The third kappa shape index (κ3) is 1.79. The maximum absolute atomic E-state index is 4.29. The summed E-state index contributed by atoms with van der Waals surface area (Å²) >= 11 is 0. The van der Waals surface area contributed by atoms with Crippen LogP contribution in [0.15, 0.2) is 22.3 Å². The van der Waals surface area contributed by atoms with Crippen molar-refractivity contribution in [2.45, 2.75) is 26.3 Å². The second-order valence-electron chi connectivity index (χ2n) is 3.00. The van der Waals surface area contributed by atoms with Gasteiger partial charge in [-0.1, -0.05) is 0 Å². The van der Waals surface area contributed by atoms with E-state index in [1.165, 1.54) is 0 Å². The Hall–Kier alpha value is -0.920. The Kier molecular flexibility index (Phi) is 1.70. The molecule has 1 aliphatic heterocycles. The van der Waals surface area contributed by atoms with E-state index in [1.807, 2.05) is 33.0 Å². The summed E-state index contributed by atoms with van der Waals surface area (Å²) in [5, 5.41) is 0. The summed E-state index contributed by atoms with van der Waals surface area (Å²) in [4.78, 5) is 8.40. The van der Waals surface area contributed by atoms with Gasteiger partial charge in [0.15, 0.2) is 0 Å². The maximum Gasteiger partial charge on any atom is 0.0749 e. The molecule has 0 aromatic carbocycles. The zero-order chi connectivity index (χ0) is 7.61. The van der Waals surface area contributed by atoms with E-state index in [2.05, 4.69) is 9.98 Å². The zero-order valence-corrected chi connectivity index (χ0v) is 6.63. The predicted octanol–water partition coefficient (Wildman–Crippen LogP) is 1.82. The molecule has 0 bridgehead atoms. The highest BCUT2D eigenvalue weighted by Crippen LogP contribution is 2.11. The summed E-state index contributed by atoms with van der Waals surface area (Å²) < 4.78 is 0. The maximum atomic E-state index is 4.29. The topological polar surface area (TPSA) is 24.7 Å². The van der Waals surface area contributed by atoms with Crippen molar-refractivity contribution in [1.82, 2.24) is 0 Å². The SMILES string of the molecule is CC1=NC=CC(C)(C)N=C1. The van der Waals surface area contributed by atoms with Crippen LogP contribution in [0.25, 0.3) is 0 Å². The van der Waals surface area contributed by atoms with E-state index in [9.17, 15) is 0 Å². The second kappa shape index (κ2) is 2.37. The van der Waals surface area contributed by atoms with Crippen LogP contribution in [0.4, 0.5) is 0 Å². The van der Waals surface area contributed by atoms with Gasteiger partial charge in [-0.2, -0.15) is 0 Å². The minimum atomic E-state index is -0.0821. The Balaban J connectivity index is 2.88. The first-order chi connectivity index (χ1) is 4.60. The van der Waals surface area contributed by atoms with Crippen molar-refractivity contribution < 1.29 is 0 Å².